The van der Waals surface area contributed by atoms with Crippen LogP contribution < -0.4 is 0 Å². The summed E-state index contributed by atoms with van der Waals surface area (Å²) in [5, 5.41) is 0. The minimum Gasteiger partial charge on any atom is -0.383 e. The second-order valence-corrected chi connectivity index (χ2v) is 6.62. The van der Waals surface area contributed by atoms with Crippen molar-refractivity contribution in [2.45, 2.75) is 6.54 Å². The number of methoxy groups -OCH3 is 2. The van der Waals surface area contributed by atoms with E-state index in [1.807, 2.05) is 41.3 Å². The molecule has 0 bridgehead atoms. The Bertz CT molecular complexity index is 860. The number of pyridine rings is 1. The quantitative estimate of drug-likeness (QED) is 0.573. The highest BCUT2D eigenvalue weighted by Gasteiger charge is 2.41. The molecule has 1 aromatic carbocycles. The third-order valence-electron chi connectivity index (χ3n) is 4.72. The minimum atomic E-state index is -0.315. The third kappa shape index (κ3) is 4.70. The first kappa shape index (κ1) is 20.7. The Labute approximate surface area is 170 Å². The van der Waals surface area contributed by atoms with Gasteiger partial charge in [0.1, 0.15) is 5.70 Å². The van der Waals surface area contributed by atoms with Crippen molar-refractivity contribution < 1.29 is 19.1 Å². The van der Waals surface area contributed by atoms with E-state index >= 15 is 0 Å². The van der Waals surface area contributed by atoms with Gasteiger partial charge in [0.15, 0.2) is 0 Å². The van der Waals surface area contributed by atoms with Crippen LogP contribution in [-0.4, -0.2) is 67.1 Å². The number of aromatic nitrogens is 1. The Morgan fingerprint density at radius 1 is 0.931 bits per heavy atom. The highest BCUT2D eigenvalue weighted by molar-refractivity contribution is 6.35. The number of hydrogen-bond acceptors (Lipinski definition) is 6. The predicted molar refractivity (Wildman–Crippen MR) is 108 cm³/mol. The molecule has 0 radical (unpaired) electrons. The van der Waals surface area contributed by atoms with Crippen LogP contribution in [0, 0.1) is 0 Å². The Morgan fingerprint density at radius 2 is 1.62 bits per heavy atom. The zero-order valence-electron chi connectivity index (χ0n) is 16.7. The first-order valence-electron chi connectivity index (χ1n) is 9.45. The Balaban J connectivity index is 2.01. The number of rotatable bonds is 10. The lowest BCUT2D eigenvalue weighted by molar-refractivity contribution is -0.138. The van der Waals surface area contributed by atoms with Gasteiger partial charge in [0, 0.05) is 39.7 Å². The molecule has 0 N–H and O–H groups in total. The summed E-state index contributed by atoms with van der Waals surface area (Å²) in [6.07, 6.45) is 3.32. The zero-order chi connectivity index (χ0) is 20.6. The molecule has 0 unspecified atom stereocenters. The number of nitrogens with zero attached hydrogens (tertiary/aromatic N) is 3. The van der Waals surface area contributed by atoms with Gasteiger partial charge in [-0.25, -0.2) is 0 Å². The van der Waals surface area contributed by atoms with Crippen LogP contribution in [0.4, 0.5) is 0 Å². The molecule has 152 valence electrons. The fourth-order valence-corrected chi connectivity index (χ4v) is 3.28. The molecule has 29 heavy (non-hydrogen) atoms. The zero-order valence-corrected chi connectivity index (χ0v) is 16.7. The topological polar surface area (TPSA) is 72.0 Å². The Morgan fingerprint density at radius 3 is 2.21 bits per heavy atom. The maximum absolute atomic E-state index is 13.4. The molecule has 0 aliphatic carbocycles. The van der Waals surface area contributed by atoms with Gasteiger partial charge in [0.25, 0.3) is 11.8 Å². The molecular formula is C22H25N3O4. The van der Waals surface area contributed by atoms with Gasteiger partial charge in [-0.15, -0.1) is 0 Å². The standard InChI is InChI=1S/C22H25N3O4/c1-28-13-11-24(12-14-29-2)20-19(18-8-4-3-5-9-18)21(26)25(22(20)27)16-17-7-6-10-23-15-17/h3-10,15H,11-14,16H2,1-2H3. The van der Waals surface area contributed by atoms with Crippen molar-refractivity contribution in [3.8, 4) is 0 Å². The van der Waals surface area contributed by atoms with E-state index in [4.69, 9.17) is 9.47 Å². The summed E-state index contributed by atoms with van der Waals surface area (Å²) in [5.41, 5.74) is 2.31. The number of amides is 2. The van der Waals surface area contributed by atoms with Gasteiger partial charge in [0.05, 0.1) is 25.3 Å². The molecular weight excluding hydrogens is 370 g/mol. The van der Waals surface area contributed by atoms with Gasteiger partial charge in [-0.3, -0.25) is 19.5 Å². The number of benzene rings is 1. The van der Waals surface area contributed by atoms with Crippen LogP contribution in [0.1, 0.15) is 11.1 Å². The molecule has 2 heterocycles. The van der Waals surface area contributed by atoms with Crippen LogP contribution >= 0.6 is 0 Å². The van der Waals surface area contributed by atoms with Crippen LogP contribution in [0.25, 0.3) is 5.57 Å². The van der Waals surface area contributed by atoms with Gasteiger partial charge >= 0.3 is 0 Å². The normalized spacial score (nSPS) is 14.1. The smallest absolute Gasteiger partial charge is 0.278 e. The SMILES string of the molecule is COCCN(CCOC)C1=C(c2ccccc2)C(=O)N(Cc2cccnc2)C1=O. The largest absolute Gasteiger partial charge is 0.383 e. The summed E-state index contributed by atoms with van der Waals surface area (Å²) < 4.78 is 10.4. The number of hydrogen-bond donors (Lipinski definition) is 0. The van der Waals surface area contributed by atoms with E-state index in [-0.39, 0.29) is 18.4 Å². The maximum Gasteiger partial charge on any atom is 0.278 e. The highest BCUT2D eigenvalue weighted by Crippen LogP contribution is 2.32. The van der Waals surface area contributed by atoms with Crippen molar-refractivity contribution in [2.24, 2.45) is 0 Å². The van der Waals surface area contributed by atoms with E-state index in [2.05, 4.69) is 4.98 Å². The number of imide groups is 1. The molecule has 7 heteroatoms. The minimum absolute atomic E-state index is 0.174. The van der Waals surface area contributed by atoms with Crippen molar-refractivity contribution in [2.75, 3.05) is 40.5 Å². The highest BCUT2D eigenvalue weighted by atomic mass is 16.5. The van der Waals surface area contributed by atoms with E-state index in [1.165, 1.54) is 4.90 Å². The van der Waals surface area contributed by atoms with E-state index in [9.17, 15) is 9.59 Å². The van der Waals surface area contributed by atoms with Crippen molar-refractivity contribution >= 4 is 17.4 Å². The third-order valence-corrected chi connectivity index (χ3v) is 4.72. The molecule has 0 saturated carbocycles. The molecule has 3 rings (SSSR count). The van der Waals surface area contributed by atoms with E-state index in [0.717, 1.165) is 11.1 Å². The second-order valence-electron chi connectivity index (χ2n) is 6.62. The van der Waals surface area contributed by atoms with E-state index in [0.29, 0.717) is 37.6 Å². The lowest BCUT2D eigenvalue weighted by atomic mass is 10.0. The summed E-state index contributed by atoms with van der Waals surface area (Å²) in [6.45, 7) is 1.99. The van der Waals surface area contributed by atoms with Gasteiger partial charge in [-0.2, -0.15) is 0 Å². The molecule has 1 aliphatic heterocycles. The summed E-state index contributed by atoms with van der Waals surface area (Å²) in [4.78, 5) is 33.9. The van der Waals surface area contributed by atoms with Crippen LogP contribution in [0.5, 0.6) is 0 Å². The fourth-order valence-electron chi connectivity index (χ4n) is 3.28. The fraction of sp³-hybridized carbons (Fsp3) is 0.318. The summed E-state index contributed by atoms with van der Waals surface area (Å²) in [5.74, 6) is -0.621. The maximum atomic E-state index is 13.4. The summed E-state index contributed by atoms with van der Waals surface area (Å²) >= 11 is 0. The lowest BCUT2D eigenvalue weighted by Crippen LogP contribution is -2.37. The van der Waals surface area contributed by atoms with Crippen LogP contribution in [0.15, 0.2) is 60.6 Å². The summed E-state index contributed by atoms with van der Waals surface area (Å²) in [7, 11) is 3.22. The molecule has 0 fully saturated rings. The monoisotopic (exact) mass is 395 g/mol. The van der Waals surface area contributed by atoms with E-state index < -0.39 is 0 Å². The van der Waals surface area contributed by atoms with Gasteiger partial charge < -0.3 is 14.4 Å². The van der Waals surface area contributed by atoms with Crippen molar-refractivity contribution in [1.29, 1.82) is 0 Å². The van der Waals surface area contributed by atoms with Crippen LogP contribution in [0.2, 0.25) is 0 Å². The molecule has 0 saturated heterocycles. The molecule has 2 amide bonds. The average molecular weight is 395 g/mol. The van der Waals surface area contributed by atoms with Crippen LogP contribution in [0.3, 0.4) is 0 Å². The molecule has 0 atom stereocenters. The predicted octanol–water partition coefficient (Wildman–Crippen LogP) is 1.96. The second kappa shape index (κ2) is 9.95. The molecule has 2 aromatic rings. The van der Waals surface area contributed by atoms with Crippen LogP contribution in [-0.2, 0) is 25.6 Å². The number of ether oxygens (including phenoxy) is 2. The first-order chi connectivity index (χ1) is 14.2. The van der Waals surface area contributed by atoms with Crippen molar-refractivity contribution in [3.63, 3.8) is 0 Å². The molecule has 7 nitrogen and oxygen atoms in total. The van der Waals surface area contributed by atoms with Crippen molar-refractivity contribution in [1.82, 2.24) is 14.8 Å². The van der Waals surface area contributed by atoms with Crippen molar-refractivity contribution in [3.05, 3.63) is 71.7 Å². The van der Waals surface area contributed by atoms with Gasteiger partial charge in [0.2, 0.25) is 0 Å². The van der Waals surface area contributed by atoms with Gasteiger partial charge in [-0.05, 0) is 17.2 Å². The molecule has 1 aromatic heterocycles. The average Bonchev–Trinajstić information content (AvgIpc) is 3.00. The Hall–Kier alpha value is -3.03. The van der Waals surface area contributed by atoms with E-state index in [1.54, 1.807) is 32.7 Å². The Kier molecular flexibility index (Phi) is 7.10. The number of carbonyl (C=O) groups is 2. The number of carbonyl (C=O) groups excluding carboxylic acids is 2. The molecule has 0 spiro atoms. The molecule has 1 aliphatic rings. The lowest BCUT2D eigenvalue weighted by Gasteiger charge is -2.25. The summed E-state index contributed by atoms with van der Waals surface area (Å²) in [6, 6.07) is 12.9. The van der Waals surface area contributed by atoms with Gasteiger partial charge in [-0.1, -0.05) is 36.4 Å². The first-order valence-corrected chi connectivity index (χ1v) is 9.45.